The molecule has 0 aromatic heterocycles. The second-order valence-electron chi connectivity index (χ2n) is 23.0. The van der Waals surface area contributed by atoms with Crippen molar-refractivity contribution >= 4 is 69.2 Å². The smallest absolute Gasteiger partial charge is 0.308 e. The highest BCUT2D eigenvalue weighted by molar-refractivity contribution is 7.90. The summed E-state index contributed by atoms with van der Waals surface area (Å²) in [6, 6.07) is 14.2. The zero-order valence-electron chi connectivity index (χ0n) is 50.1. The highest BCUT2D eigenvalue weighted by Crippen LogP contribution is 2.29. The summed E-state index contributed by atoms with van der Waals surface area (Å²) in [5, 5.41) is 18.6. The molecule has 0 spiro atoms. The number of guanidine groups is 1. The van der Waals surface area contributed by atoms with Crippen molar-refractivity contribution < 1.29 is 65.8 Å². The normalized spacial score (nSPS) is 24.0. The molecule has 88 heavy (non-hydrogen) atoms. The van der Waals surface area contributed by atoms with Crippen LogP contribution in [-0.4, -0.2) is 154 Å². The average molecular weight is 1240 g/mol. The number of rotatable bonds is 19. The molecule has 3 aromatic carbocycles. The number of nitrogens with zero attached hydrogens (tertiary/aromatic N) is 2. The Bertz CT molecular complexity index is 3000. The van der Waals surface area contributed by atoms with E-state index in [4.69, 9.17) is 19.9 Å². The van der Waals surface area contributed by atoms with Crippen LogP contribution >= 0.6 is 0 Å². The Morgan fingerprint density at radius 2 is 1.18 bits per heavy atom. The van der Waals surface area contributed by atoms with E-state index in [1.54, 1.807) is 73.7 Å². The fraction of sp³-hybridized carbons (Fsp3) is 0.548. The maximum Gasteiger partial charge on any atom is 0.308 e. The van der Waals surface area contributed by atoms with Crippen LogP contribution in [0.4, 0.5) is 0 Å². The molecule has 4 aliphatic rings. The van der Waals surface area contributed by atoms with Crippen LogP contribution in [-0.2, 0) is 80.6 Å². The molecule has 0 unspecified atom stereocenters. The standard InChI is InChI=1S/C62H85N11O14S/c1-40-27-29-46(30-28-40)88(83,84)72-62(63)64-31-15-25-47-56(77)65-35-53(74)67-48(34-54(75)87-45-23-13-6-14-24-45)57(78)69-49(33-42-17-7-3-8-18-42)61(82)73-32-16-26-52(73)60(81)66-41(2)55(76)70-50(38-85-36-43-19-9-4-10-20-43)59(80)71-51(58(79)68-47)39-86-37-44-21-11-5-12-22-44/h4-5,9-12,19-22,27-30,41-42,45,47-52H,3,6-8,13-18,23-26,31-39H2,1-2H3,(H,65,77)(H,66,81)(H,67,74)(H,68,79)(H,69,78)(H,70,76)(H,71,80)(H3,63,64,72)/t41-,47-,48-,49-,50-,51-,52-/m0/s1. The van der Waals surface area contributed by atoms with Gasteiger partial charge < -0.3 is 62.1 Å². The van der Waals surface area contributed by atoms with Crippen molar-refractivity contribution in [2.75, 3.05) is 32.8 Å². The van der Waals surface area contributed by atoms with Crippen molar-refractivity contribution in [3.05, 3.63) is 102 Å². The minimum atomic E-state index is -4.13. The second kappa shape index (κ2) is 34.0. The van der Waals surface area contributed by atoms with Crippen LogP contribution < -0.4 is 47.7 Å². The first kappa shape index (κ1) is 67.5. The topological polar surface area (TPSA) is 353 Å². The average Bonchev–Trinajstić information content (AvgIpc) is 3.76. The molecule has 478 valence electrons. The number of esters is 1. The molecule has 10 N–H and O–H groups in total. The zero-order valence-corrected chi connectivity index (χ0v) is 51.0. The summed E-state index contributed by atoms with van der Waals surface area (Å²) in [4.78, 5) is 135. The van der Waals surface area contributed by atoms with Gasteiger partial charge in [-0.1, -0.05) is 117 Å². The summed E-state index contributed by atoms with van der Waals surface area (Å²) in [5.41, 5.74) is 8.31. The van der Waals surface area contributed by atoms with Crippen molar-refractivity contribution in [2.24, 2.45) is 16.6 Å². The lowest BCUT2D eigenvalue weighted by atomic mass is 9.84. The molecule has 26 heteroatoms. The molecule has 2 heterocycles. The molecule has 7 atom stereocenters. The number of ether oxygens (including phenoxy) is 3. The third kappa shape index (κ3) is 21.4. The number of carbonyl (C=O) groups is 9. The SMILES string of the molecule is Cc1ccc(S(=O)(=O)NC(N)=NCCC[C@@H]2NC(=O)[C@H](COCc3ccccc3)NC(=O)[C@H](COCc3ccccc3)NC(=O)[C@H](C)NC(=O)[C@@H]3CCCN3C(=O)[C@H](CC3CCCCC3)NC(=O)[C@H](CC(=O)OC3CCCCC3)NC(=O)CNC2=O)cc1. The van der Waals surface area contributed by atoms with E-state index < -0.39 is 144 Å². The Kier molecular flexibility index (Phi) is 26.1. The first-order valence-electron chi connectivity index (χ1n) is 30.5. The van der Waals surface area contributed by atoms with Crippen molar-refractivity contribution in [1.29, 1.82) is 0 Å². The largest absolute Gasteiger partial charge is 0.462 e. The van der Waals surface area contributed by atoms with Crippen molar-refractivity contribution in [3.8, 4) is 0 Å². The first-order valence-corrected chi connectivity index (χ1v) is 32.0. The predicted molar refractivity (Wildman–Crippen MR) is 323 cm³/mol. The third-order valence-corrected chi connectivity index (χ3v) is 17.4. The number of hydrogen-bond donors (Lipinski definition) is 9. The Hall–Kier alpha value is -7.97. The minimum Gasteiger partial charge on any atom is -0.462 e. The number of amides is 8. The number of fused-ring (bicyclic) bond motifs is 1. The van der Waals surface area contributed by atoms with E-state index in [0.717, 1.165) is 68.1 Å². The molecule has 0 radical (unpaired) electrons. The molecule has 7 rings (SSSR count). The van der Waals surface area contributed by atoms with Gasteiger partial charge in [-0.3, -0.25) is 48.1 Å². The van der Waals surface area contributed by atoms with Crippen LogP contribution in [0.15, 0.2) is 94.8 Å². The molecule has 2 aliphatic carbocycles. The van der Waals surface area contributed by atoms with Gasteiger partial charge in [-0.2, -0.15) is 0 Å². The fourth-order valence-electron chi connectivity index (χ4n) is 11.1. The van der Waals surface area contributed by atoms with Crippen LogP contribution in [0.2, 0.25) is 0 Å². The van der Waals surface area contributed by atoms with E-state index in [-0.39, 0.29) is 62.8 Å². The van der Waals surface area contributed by atoms with Gasteiger partial charge in [0.05, 0.1) is 44.3 Å². The Morgan fingerprint density at radius 3 is 1.80 bits per heavy atom. The Labute approximate surface area is 514 Å². The lowest BCUT2D eigenvalue weighted by Gasteiger charge is -2.33. The summed E-state index contributed by atoms with van der Waals surface area (Å²) in [6.45, 7) is 1.46. The van der Waals surface area contributed by atoms with Gasteiger partial charge in [0.1, 0.15) is 48.4 Å². The lowest BCUT2D eigenvalue weighted by Crippen LogP contribution is -2.61. The number of nitrogens with one attached hydrogen (secondary N) is 8. The summed E-state index contributed by atoms with van der Waals surface area (Å²) in [6.07, 6.45) is 7.84. The molecule has 2 saturated carbocycles. The number of carbonyl (C=O) groups excluding carboxylic acids is 9. The number of aliphatic imine (C=N–C) groups is 1. The molecule has 0 bridgehead atoms. The zero-order chi connectivity index (χ0) is 63.0. The molecule has 3 aromatic rings. The molecule has 25 nitrogen and oxygen atoms in total. The van der Waals surface area contributed by atoms with Crippen molar-refractivity contribution in [2.45, 2.75) is 183 Å². The maximum atomic E-state index is 14.9. The molecule has 2 saturated heterocycles. The van der Waals surface area contributed by atoms with E-state index in [1.165, 1.54) is 24.0 Å². The maximum absolute atomic E-state index is 14.9. The lowest BCUT2D eigenvalue weighted by molar-refractivity contribution is -0.152. The van der Waals surface area contributed by atoms with Gasteiger partial charge in [-0.05, 0) is 101 Å². The molecule has 2 aliphatic heterocycles. The predicted octanol–water partition coefficient (Wildman–Crippen LogP) is 2.09. The third-order valence-electron chi connectivity index (χ3n) is 16.0. The summed E-state index contributed by atoms with van der Waals surface area (Å²) in [5.74, 6) is -7.86. The van der Waals surface area contributed by atoms with Crippen LogP contribution in [0.1, 0.15) is 126 Å². The van der Waals surface area contributed by atoms with Crippen molar-refractivity contribution in [1.82, 2.24) is 46.8 Å². The van der Waals surface area contributed by atoms with Gasteiger partial charge >= 0.3 is 5.97 Å². The van der Waals surface area contributed by atoms with E-state index in [1.807, 2.05) is 6.07 Å². The van der Waals surface area contributed by atoms with Crippen LogP contribution in [0.5, 0.6) is 0 Å². The van der Waals surface area contributed by atoms with Crippen LogP contribution in [0.3, 0.4) is 0 Å². The number of benzene rings is 3. The molecular formula is C62H85N11O14S. The van der Waals surface area contributed by atoms with E-state index in [2.05, 4.69) is 46.9 Å². The first-order chi connectivity index (χ1) is 42.3. The summed E-state index contributed by atoms with van der Waals surface area (Å²) >= 11 is 0. The highest BCUT2D eigenvalue weighted by Gasteiger charge is 2.41. The van der Waals surface area contributed by atoms with Crippen LogP contribution in [0.25, 0.3) is 0 Å². The molecular weight excluding hydrogens is 1150 g/mol. The van der Waals surface area contributed by atoms with E-state index in [9.17, 15) is 51.6 Å². The van der Waals surface area contributed by atoms with E-state index in [0.29, 0.717) is 19.3 Å². The van der Waals surface area contributed by atoms with Gasteiger partial charge in [-0.25, -0.2) is 13.1 Å². The number of sulfonamides is 1. The quantitative estimate of drug-likeness (QED) is 0.0359. The Balaban J connectivity index is 1.19. The molecule has 4 fully saturated rings. The van der Waals surface area contributed by atoms with Gasteiger partial charge in [-0.15, -0.1) is 0 Å². The summed E-state index contributed by atoms with van der Waals surface area (Å²) < 4.78 is 46.1. The van der Waals surface area contributed by atoms with Gasteiger partial charge in [0.15, 0.2) is 0 Å². The van der Waals surface area contributed by atoms with E-state index >= 15 is 0 Å². The van der Waals surface area contributed by atoms with Gasteiger partial charge in [0.25, 0.3) is 10.0 Å². The van der Waals surface area contributed by atoms with Gasteiger partial charge in [0, 0.05) is 13.1 Å². The number of nitrogens with two attached hydrogens (primary N) is 1. The second-order valence-corrected chi connectivity index (χ2v) is 24.7. The Morgan fingerprint density at radius 1 is 0.625 bits per heavy atom. The summed E-state index contributed by atoms with van der Waals surface area (Å²) in [7, 11) is -4.13. The highest BCUT2D eigenvalue weighted by atomic mass is 32.2. The number of hydrogen-bond acceptors (Lipinski definition) is 15. The van der Waals surface area contributed by atoms with Crippen molar-refractivity contribution in [3.63, 3.8) is 0 Å². The molecule has 8 amide bonds. The minimum absolute atomic E-state index is 0.0151. The fourth-order valence-corrected chi connectivity index (χ4v) is 12.1. The van der Waals surface area contributed by atoms with Gasteiger partial charge in [0.2, 0.25) is 53.2 Å². The number of aryl methyl sites for hydroxylation is 1. The monoisotopic (exact) mass is 1240 g/mol. The van der Waals surface area contributed by atoms with Crippen LogP contribution in [0, 0.1) is 12.8 Å².